The van der Waals surface area contributed by atoms with Crippen LogP contribution in [0.2, 0.25) is 0 Å². The van der Waals surface area contributed by atoms with E-state index in [4.69, 9.17) is 9.26 Å². The summed E-state index contributed by atoms with van der Waals surface area (Å²) in [5, 5.41) is 4.11. The van der Waals surface area contributed by atoms with Crippen LogP contribution in [0.25, 0.3) is 11.4 Å². The molecule has 0 amide bonds. The Morgan fingerprint density at radius 3 is 2.48 bits per heavy atom. The molecule has 0 spiro atoms. The molecule has 2 aromatic carbocycles. The van der Waals surface area contributed by atoms with Crippen molar-refractivity contribution in [3.8, 4) is 17.1 Å². The van der Waals surface area contributed by atoms with Crippen molar-refractivity contribution in [2.75, 3.05) is 37.7 Å². The summed E-state index contributed by atoms with van der Waals surface area (Å²) < 4.78 is 11.2. The van der Waals surface area contributed by atoms with Gasteiger partial charge in [0.15, 0.2) is 0 Å². The lowest BCUT2D eigenvalue weighted by Gasteiger charge is -2.36. The fourth-order valence-corrected chi connectivity index (χ4v) is 3.36. The number of rotatable bonds is 6. The standard InChI is InChI=1S/C21H24N4O2/c1-2-26-19-11-7-6-10-18(19)25-14-12-24(13-15-25)16-20-22-21(23-27-20)17-8-4-3-5-9-17/h3-11H,2,12-16H2,1H3. The maximum atomic E-state index is 5.77. The van der Waals surface area contributed by atoms with Crippen LogP contribution in [0.3, 0.4) is 0 Å². The minimum Gasteiger partial charge on any atom is -0.492 e. The zero-order valence-corrected chi connectivity index (χ0v) is 15.5. The molecule has 0 atom stereocenters. The van der Waals surface area contributed by atoms with E-state index in [1.165, 1.54) is 5.69 Å². The van der Waals surface area contributed by atoms with Gasteiger partial charge < -0.3 is 14.2 Å². The molecule has 6 nitrogen and oxygen atoms in total. The fraction of sp³-hybridized carbons (Fsp3) is 0.333. The maximum Gasteiger partial charge on any atom is 0.241 e. The number of para-hydroxylation sites is 2. The highest BCUT2D eigenvalue weighted by molar-refractivity contribution is 5.58. The van der Waals surface area contributed by atoms with E-state index < -0.39 is 0 Å². The first-order valence-electron chi connectivity index (χ1n) is 9.40. The van der Waals surface area contributed by atoms with Crippen LogP contribution in [0.1, 0.15) is 12.8 Å². The van der Waals surface area contributed by atoms with Gasteiger partial charge in [-0.05, 0) is 19.1 Å². The number of aromatic nitrogens is 2. The normalized spacial score (nSPS) is 15.1. The third-order valence-corrected chi connectivity index (χ3v) is 4.74. The number of anilines is 1. The lowest BCUT2D eigenvalue weighted by Crippen LogP contribution is -2.46. The van der Waals surface area contributed by atoms with E-state index >= 15 is 0 Å². The highest BCUT2D eigenvalue weighted by Crippen LogP contribution is 2.29. The third-order valence-electron chi connectivity index (χ3n) is 4.74. The van der Waals surface area contributed by atoms with Gasteiger partial charge >= 0.3 is 0 Å². The Morgan fingerprint density at radius 1 is 0.963 bits per heavy atom. The number of benzene rings is 2. The Kier molecular flexibility index (Phi) is 5.34. The number of ether oxygens (including phenoxy) is 1. The summed E-state index contributed by atoms with van der Waals surface area (Å²) in [6, 6.07) is 18.2. The zero-order chi connectivity index (χ0) is 18.5. The quantitative estimate of drug-likeness (QED) is 0.668. The van der Waals surface area contributed by atoms with Crippen molar-refractivity contribution in [1.29, 1.82) is 0 Å². The monoisotopic (exact) mass is 364 g/mol. The molecule has 2 heterocycles. The van der Waals surface area contributed by atoms with Crippen molar-refractivity contribution in [1.82, 2.24) is 15.0 Å². The Balaban J connectivity index is 1.36. The van der Waals surface area contributed by atoms with Crippen LogP contribution in [0.15, 0.2) is 59.1 Å². The molecular weight excluding hydrogens is 340 g/mol. The second-order valence-corrected chi connectivity index (χ2v) is 6.54. The van der Waals surface area contributed by atoms with Gasteiger partial charge in [0, 0.05) is 31.7 Å². The van der Waals surface area contributed by atoms with Crippen molar-refractivity contribution in [2.45, 2.75) is 13.5 Å². The van der Waals surface area contributed by atoms with Crippen molar-refractivity contribution < 1.29 is 9.26 Å². The topological polar surface area (TPSA) is 54.6 Å². The summed E-state index contributed by atoms with van der Waals surface area (Å²) in [5.74, 6) is 2.27. The largest absolute Gasteiger partial charge is 0.492 e. The molecule has 1 saturated heterocycles. The molecule has 140 valence electrons. The van der Waals surface area contributed by atoms with E-state index in [-0.39, 0.29) is 0 Å². The van der Waals surface area contributed by atoms with Crippen LogP contribution in [0, 0.1) is 0 Å². The summed E-state index contributed by atoms with van der Waals surface area (Å²) in [5.41, 5.74) is 2.15. The van der Waals surface area contributed by atoms with Crippen molar-refractivity contribution in [2.24, 2.45) is 0 Å². The molecule has 0 aliphatic carbocycles. The molecule has 1 fully saturated rings. The van der Waals surface area contributed by atoms with Gasteiger partial charge in [-0.1, -0.05) is 47.6 Å². The highest BCUT2D eigenvalue weighted by atomic mass is 16.5. The minimum atomic E-state index is 0.648. The molecule has 0 saturated carbocycles. The Labute approximate surface area is 159 Å². The van der Waals surface area contributed by atoms with E-state index in [1.54, 1.807) is 0 Å². The average molecular weight is 364 g/mol. The SMILES string of the molecule is CCOc1ccccc1N1CCN(Cc2nc(-c3ccccc3)no2)CC1. The van der Waals surface area contributed by atoms with Crippen LogP contribution >= 0.6 is 0 Å². The molecule has 1 aromatic heterocycles. The van der Waals surface area contributed by atoms with Gasteiger partial charge in [0.2, 0.25) is 11.7 Å². The van der Waals surface area contributed by atoms with Crippen LogP contribution in [0.5, 0.6) is 5.75 Å². The van der Waals surface area contributed by atoms with Gasteiger partial charge in [-0.3, -0.25) is 4.90 Å². The van der Waals surface area contributed by atoms with Crippen molar-refractivity contribution in [3.05, 3.63) is 60.5 Å². The van der Waals surface area contributed by atoms with E-state index in [0.717, 1.165) is 37.5 Å². The van der Waals surface area contributed by atoms with E-state index in [1.807, 2.05) is 49.4 Å². The molecule has 6 heteroatoms. The van der Waals surface area contributed by atoms with E-state index in [9.17, 15) is 0 Å². The highest BCUT2D eigenvalue weighted by Gasteiger charge is 2.21. The fourth-order valence-electron chi connectivity index (χ4n) is 3.36. The predicted octanol–water partition coefficient (Wildman–Crippen LogP) is 3.46. The Bertz CT molecular complexity index is 857. The summed E-state index contributed by atoms with van der Waals surface area (Å²) in [6.45, 7) is 7.17. The lowest BCUT2D eigenvalue weighted by atomic mass is 10.2. The molecule has 0 radical (unpaired) electrons. The molecule has 1 aliphatic heterocycles. The van der Waals surface area contributed by atoms with Crippen LogP contribution in [-0.4, -0.2) is 47.8 Å². The van der Waals surface area contributed by atoms with E-state index in [2.05, 4.69) is 32.1 Å². The number of piperazine rings is 1. The van der Waals surface area contributed by atoms with Crippen LogP contribution in [-0.2, 0) is 6.54 Å². The van der Waals surface area contributed by atoms with Gasteiger partial charge in [-0.15, -0.1) is 0 Å². The summed E-state index contributed by atoms with van der Waals surface area (Å²) in [7, 11) is 0. The van der Waals surface area contributed by atoms with Gasteiger partial charge in [0.05, 0.1) is 18.8 Å². The first-order valence-corrected chi connectivity index (χ1v) is 9.40. The molecule has 0 bridgehead atoms. The molecule has 1 aliphatic rings. The minimum absolute atomic E-state index is 0.648. The molecule has 27 heavy (non-hydrogen) atoms. The summed E-state index contributed by atoms with van der Waals surface area (Å²) >= 11 is 0. The van der Waals surface area contributed by atoms with Gasteiger partial charge in [0.1, 0.15) is 5.75 Å². The van der Waals surface area contributed by atoms with Gasteiger partial charge in [-0.2, -0.15) is 4.98 Å². The third kappa shape index (κ3) is 4.11. The molecule has 3 aromatic rings. The average Bonchev–Trinajstić information content (AvgIpc) is 3.19. The molecular formula is C21H24N4O2. The Morgan fingerprint density at radius 2 is 1.70 bits per heavy atom. The maximum absolute atomic E-state index is 5.77. The summed E-state index contributed by atoms with van der Waals surface area (Å²) in [6.07, 6.45) is 0. The lowest BCUT2D eigenvalue weighted by molar-refractivity contribution is 0.215. The second kappa shape index (κ2) is 8.22. The van der Waals surface area contributed by atoms with Crippen molar-refractivity contribution >= 4 is 5.69 Å². The second-order valence-electron chi connectivity index (χ2n) is 6.54. The van der Waals surface area contributed by atoms with Gasteiger partial charge in [0.25, 0.3) is 0 Å². The van der Waals surface area contributed by atoms with Crippen LogP contribution < -0.4 is 9.64 Å². The Hall–Kier alpha value is -2.86. The zero-order valence-electron chi connectivity index (χ0n) is 15.5. The van der Waals surface area contributed by atoms with Gasteiger partial charge in [-0.25, -0.2) is 0 Å². The summed E-state index contributed by atoms with van der Waals surface area (Å²) in [4.78, 5) is 9.27. The molecule has 4 rings (SSSR count). The number of nitrogens with zero attached hydrogens (tertiary/aromatic N) is 4. The molecule has 0 N–H and O–H groups in total. The molecule has 0 unspecified atom stereocenters. The smallest absolute Gasteiger partial charge is 0.241 e. The van der Waals surface area contributed by atoms with Crippen molar-refractivity contribution in [3.63, 3.8) is 0 Å². The first kappa shape index (κ1) is 17.5. The first-order chi connectivity index (χ1) is 13.3. The van der Waals surface area contributed by atoms with E-state index in [0.29, 0.717) is 24.9 Å². The van der Waals surface area contributed by atoms with Crippen LogP contribution in [0.4, 0.5) is 5.69 Å². The number of hydrogen-bond acceptors (Lipinski definition) is 6. The number of hydrogen-bond donors (Lipinski definition) is 0. The predicted molar refractivity (Wildman–Crippen MR) is 105 cm³/mol.